The van der Waals surface area contributed by atoms with Crippen LogP contribution in [0.1, 0.15) is 17.5 Å². The molecule has 0 amide bonds. The van der Waals surface area contributed by atoms with Gasteiger partial charge in [0.2, 0.25) is 0 Å². The number of hydrogen-bond acceptors (Lipinski definition) is 1. The van der Waals surface area contributed by atoms with Crippen molar-refractivity contribution in [2.45, 2.75) is 6.42 Å². The zero-order valence-corrected chi connectivity index (χ0v) is 10.7. The molecule has 2 aromatic rings. The fraction of sp³-hybridized carbons (Fsp3) is 0.176. The average Bonchev–Trinajstić information content (AvgIpc) is 2.46. The molecule has 1 nitrogen and oxygen atoms in total. The number of ether oxygens (including phenoxy) is 1. The fourth-order valence-corrected chi connectivity index (χ4v) is 1.96. The van der Waals surface area contributed by atoms with E-state index in [1.807, 2.05) is 12.1 Å². The van der Waals surface area contributed by atoms with Gasteiger partial charge in [0.05, 0.1) is 0 Å². The van der Waals surface area contributed by atoms with E-state index in [1.165, 1.54) is 16.7 Å². The monoisotopic (exact) mass is 238 g/mol. The average molecular weight is 238 g/mol. The third-order valence-electron chi connectivity index (χ3n) is 2.84. The summed E-state index contributed by atoms with van der Waals surface area (Å²) in [6.07, 6.45) is 3.17. The summed E-state index contributed by atoms with van der Waals surface area (Å²) in [5, 5.41) is 0. The molecule has 0 fully saturated rings. The van der Waals surface area contributed by atoms with Crippen molar-refractivity contribution in [1.29, 1.82) is 0 Å². The van der Waals surface area contributed by atoms with E-state index in [0.717, 1.165) is 13.0 Å². The highest BCUT2D eigenvalue weighted by Gasteiger charge is 2.03. The van der Waals surface area contributed by atoms with Crippen molar-refractivity contribution in [1.82, 2.24) is 0 Å². The van der Waals surface area contributed by atoms with E-state index >= 15 is 0 Å². The molecule has 0 aromatic heterocycles. The van der Waals surface area contributed by atoms with Crippen LogP contribution in [-0.4, -0.2) is 13.7 Å². The molecule has 0 radical (unpaired) electrons. The fourth-order valence-electron chi connectivity index (χ4n) is 1.96. The van der Waals surface area contributed by atoms with Crippen LogP contribution in [0.4, 0.5) is 0 Å². The Labute approximate surface area is 109 Å². The quantitative estimate of drug-likeness (QED) is 0.711. The summed E-state index contributed by atoms with van der Waals surface area (Å²) >= 11 is 0. The minimum atomic E-state index is 0.753. The lowest BCUT2D eigenvalue weighted by Gasteiger charge is -2.08. The van der Waals surface area contributed by atoms with Crippen molar-refractivity contribution in [3.8, 4) is 0 Å². The molecule has 92 valence electrons. The van der Waals surface area contributed by atoms with Gasteiger partial charge in [-0.05, 0) is 23.1 Å². The minimum Gasteiger partial charge on any atom is -0.384 e. The second-order valence-electron chi connectivity index (χ2n) is 4.13. The molecule has 0 unspecified atom stereocenters. The molecular weight excluding hydrogens is 220 g/mol. The maximum Gasteiger partial charge on any atom is 0.0497 e. The summed E-state index contributed by atoms with van der Waals surface area (Å²) in [5.41, 5.74) is 3.77. The molecule has 1 heteroatoms. The summed E-state index contributed by atoms with van der Waals surface area (Å²) < 4.78 is 5.12. The maximum absolute atomic E-state index is 5.12. The van der Waals surface area contributed by atoms with Crippen molar-refractivity contribution < 1.29 is 4.74 Å². The van der Waals surface area contributed by atoms with Gasteiger partial charge in [-0.2, -0.15) is 0 Å². The van der Waals surface area contributed by atoms with Crippen LogP contribution in [0.25, 0.3) is 5.57 Å². The molecule has 2 rings (SSSR count). The highest BCUT2D eigenvalue weighted by Crippen LogP contribution is 2.23. The lowest BCUT2D eigenvalue weighted by atomic mass is 9.97. The van der Waals surface area contributed by atoms with Crippen LogP contribution in [0.2, 0.25) is 0 Å². The van der Waals surface area contributed by atoms with Gasteiger partial charge < -0.3 is 4.74 Å². The van der Waals surface area contributed by atoms with Crippen molar-refractivity contribution in [2.75, 3.05) is 13.7 Å². The molecule has 2 aromatic carbocycles. The lowest BCUT2D eigenvalue weighted by Crippen LogP contribution is -1.90. The normalized spacial score (nSPS) is 10.1. The SMILES string of the molecule is COCCC=C(c1ccccc1)c1ccccc1. The highest BCUT2D eigenvalue weighted by atomic mass is 16.5. The Morgan fingerprint density at radius 2 is 1.39 bits per heavy atom. The molecule has 0 saturated carbocycles. The molecule has 0 atom stereocenters. The lowest BCUT2D eigenvalue weighted by molar-refractivity contribution is 0.204. The summed E-state index contributed by atoms with van der Waals surface area (Å²) in [5.74, 6) is 0. The van der Waals surface area contributed by atoms with E-state index in [2.05, 4.69) is 54.6 Å². The second kappa shape index (κ2) is 6.77. The second-order valence-corrected chi connectivity index (χ2v) is 4.13. The van der Waals surface area contributed by atoms with Crippen LogP contribution in [0, 0.1) is 0 Å². The smallest absolute Gasteiger partial charge is 0.0497 e. The van der Waals surface area contributed by atoms with Crippen molar-refractivity contribution >= 4 is 5.57 Å². The molecular formula is C17H18O. The predicted molar refractivity (Wildman–Crippen MR) is 76.5 cm³/mol. The molecule has 18 heavy (non-hydrogen) atoms. The Hall–Kier alpha value is -1.86. The number of hydrogen-bond donors (Lipinski definition) is 0. The van der Waals surface area contributed by atoms with Crippen LogP contribution in [0.3, 0.4) is 0 Å². The van der Waals surface area contributed by atoms with Gasteiger partial charge in [-0.3, -0.25) is 0 Å². The van der Waals surface area contributed by atoms with Gasteiger partial charge in [-0.25, -0.2) is 0 Å². The van der Waals surface area contributed by atoms with Crippen LogP contribution in [0.15, 0.2) is 66.7 Å². The number of benzene rings is 2. The van der Waals surface area contributed by atoms with Gasteiger partial charge in [-0.15, -0.1) is 0 Å². The molecule has 0 aliphatic carbocycles. The summed E-state index contributed by atoms with van der Waals surface area (Å²) in [4.78, 5) is 0. The Morgan fingerprint density at radius 3 is 1.83 bits per heavy atom. The van der Waals surface area contributed by atoms with E-state index in [1.54, 1.807) is 7.11 Å². The van der Waals surface area contributed by atoms with Gasteiger partial charge in [0.1, 0.15) is 0 Å². The van der Waals surface area contributed by atoms with Gasteiger partial charge in [0, 0.05) is 13.7 Å². The van der Waals surface area contributed by atoms with E-state index in [4.69, 9.17) is 4.74 Å². The first-order valence-corrected chi connectivity index (χ1v) is 6.22. The topological polar surface area (TPSA) is 9.23 Å². The molecule has 0 spiro atoms. The number of rotatable bonds is 5. The van der Waals surface area contributed by atoms with Crippen molar-refractivity contribution in [3.63, 3.8) is 0 Å². The van der Waals surface area contributed by atoms with Gasteiger partial charge in [0.25, 0.3) is 0 Å². The Kier molecular flexibility index (Phi) is 4.74. The van der Waals surface area contributed by atoms with Gasteiger partial charge in [0.15, 0.2) is 0 Å². The van der Waals surface area contributed by atoms with Gasteiger partial charge in [-0.1, -0.05) is 66.7 Å². The third kappa shape index (κ3) is 3.31. The van der Waals surface area contributed by atoms with Crippen molar-refractivity contribution in [2.24, 2.45) is 0 Å². The molecule has 0 heterocycles. The zero-order valence-electron chi connectivity index (χ0n) is 10.7. The van der Waals surface area contributed by atoms with Crippen LogP contribution < -0.4 is 0 Å². The largest absolute Gasteiger partial charge is 0.384 e. The molecule has 0 N–H and O–H groups in total. The van der Waals surface area contributed by atoms with E-state index < -0.39 is 0 Å². The van der Waals surface area contributed by atoms with Crippen LogP contribution in [0.5, 0.6) is 0 Å². The molecule has 0 bridgehead atoms. The maximum atomic E-state index is 5.12. The summed E-state index contributed by atoms with van der Waals surface area (Å²) in [7, 11) is 1.73. The van der Waals surface area contributed by atoms with Crippen LogP contribution >= 0.6 is 0 Å². The first kappa shape index (κ1) is 12.6. The molecule has 0 aliphatic heterocycles. The minimum absolute atomic E-state index is 0.753. The molecule has 0 aliphatic rings. The third-order valence-corrected chi connectivity index (χ3v) is 2.84. The summed E-state index contributed by atoms with van der Waals surface area (Å²) in [6.45, 7) is 0.753. The molecule has 0 saturated heterocycles. The van der Waals surface area contributed by atoms with Crippen molar-refractivity contribution in [3.05, 3.63) is 77.9 Å². The highest BCUT2D eigenvalue weighted by molar-refractivity contribution is 5.79. The zero-order chi connectivity index (χ0) is 12.6. The standard InChI is InChI=1S/C17H18O/c1-18-14-8-13-17(15-9-4-2-5-10-15)16-11-6-3-7-12-16/h2-7,9-13H,8,14H2,1H3. The van der Waals surface area contributed by atoms with Crippen LogP contribution in [-0.2, 0) is 4.74 Å². The summed E-state index contributed by atoms with van der Waals surface area (Å²) in [6, 6.07) is 21.0. The van der Waals surface area contributed by atoms with E-state index in [-0.39, 0.29) is 0 Å². The Balaban J connectivity index is 2.33. The first-order valence-electron chi connectivity index (χ1n) is 6.22. The van der Waals surface area contributed by atoms with E-state index in [0.29, 0.717) is 0 Å². The number of methoxy groups -OCH3 is 1. The van der Waals surface area contributed by atoms with Gasteiger partial charge >= 0.3 is 0 Å². The predicted octanol–water partition coefficient (Wildman–Crippen LogP) is 4.15. The van der Waals surface area contributed by atoms with E-state index in [9.17, 15) is 0 Å². The first-order chi connectivity index (χ1) is 8.92. The Morgan fingerprint density at radius 1 is 0.889 bits per heavy atom. The Bertz CT molecular complexity index is 444.